The van der Waals surface area contributed by atoms with E-state index < -0.39 is 6.68 Å². The van der Waals surface area contributed by atoms with Crippen molar-refractivity contribution in [1.29, 1.82) is 0 Å². The first-order valence-electron chi connectivity index (χ1n) is 4.15. The minimum atomic E-state index is -3.08. The molecule has 1 nitrogen and oxygen atoms in total. The van der Waals surface area contributed by atoms with E-state index in [1.807, 2.05) is 0 Å². The SMILES string of the molecule is F[C-](F)F.F[C-](P)C1CCCCC1.[K+].[OH-]. The molecule has 0 spiro atoms. The zero-order chi connectivity index (χ0) is 10.3. The van der Waals surface area contributed by atoms with E-state index in [1.54, 1.807) is 0 Å². The van der Waals surface area contributed by atoms with Crippen LogP contribution in [-0.4, -0.2) is 5.48 Å². The van der Waals surface area contributed by atoms with Gasteiger partial charge in [-0.1, -0.05) is 32.1 Å². The summed E-state index contributed by atoms with van der Waals surface area (Å²) in [5, 5.41) is 0. The first-order valence-corrected chi connectivity index (χ1v) is 4.73. The van der Waals surface area contributed by atoms with E-state index in [2.05, 4.69) is 9.24 Å². The minimum Gasteiger partial charge on any atom is -0.870 e. The first kappa shape index (κ1) is 22.0. The van der Waals surface area contributed by atoms with Crippen molar-refractivity contribution in [2.24, 2.45) is 5.92 Å². The molecule has 0 aliphatic heterocycles. The molecule has 1 saturated carbocycles. The van der Waals surface area contributed by atoms with Crippen molar-refractivity contribution in [3.05, 3.63) is 12.6 Å². The van der Waals surface area contributed by atoms with Crippen molar-refractivity contribution in [2.75, 3.05) is 0 Å². The smallest absolute Gasteiger partial charge is 0.870 e. The molecule has 1 rings (SSSR count). The Bertz CT molecular complexity index is 120. The maximum Gasteiger partial charge on any atom is 1.00 e. The molecular formula is C8H14F4KOP-2. The van der Waals surface area contributed by atoms with Gasteiger partial charge < -0.3 is 23.0 Å². The van der Waals surface area contributed by atoms with E-state index >= 15 is 0 Å². The van der Waals surface area contributed by atoms with E-state index in [1.165, 1.54) is 19.3 Å². The fraction of sp³-hybridized carbons (Fsp3) is 0.750. The fourth-order valence-electron chi connectivity index (χ4n) is 1.38. The van der Waals surface area contributed by atoms with Gasteiger partial charge in [-0.05, 0) is 0 Å². The molecule has 88 valence electrons. The monoisotopic (exact) mass is 272 g/mol. The third-order valence-electron chi connectivity index (χ3n) is 2.00. The molecule has 1 aliphatic rings. The van der Waals surface area contributed by atoms with E-state index in [0.717, 1.165) is 12.8 Å². The molecule has 0 radical (unpaired) electrons. The Morgan fingerprint density at radius 3 is 1.47 bits per heavy atom. The maximum absolute atomic E-state index is 12.5. The predicted molar refractivity (Wildman–Crippen MR) is 49.1 cm³/mol. The zero-order valence-electron chi connectivity index (χ0n) is 8.65. The van der Waals surface area contributed by atoms with Gasteiger partial charge in [0.2, 0.25) is 0 Å². The summed E-state index contributed by atoms with van der Waals surface area (Å²) in [6.07, 6.45) is 5.86. The summed E-state index contributed by atoms with van der Waals surface area (Å²) in [4.78, 5) is 0. The summed E-state index contributed by atoms with van der Waals surface area (Å²) in [7, 11) is 2.18. The Hall–Kier alpha value is 1.75. The molecule has 0 saturated heterocycles. The molecule has 7 heteroatoms. The van der Waals surface area contributed by atoms with Crippen molar-refractivity contribution in [1.82, 2.24) is 0 Å². The van der Waals surface area contributed by atoms with Crippen molar-refractivity contribution >= 4 is 9.24 Å². The third kappa shape index (κ3) is 15.7. The van der Waals surface area contributed by atoms with Crippen LogP contribution in [0, 0.1) is 18.5 Å². The number of hydrogen-bond donors (Lipinski definition) is 0. The van der Waals surface area contributed by atoms with Crippen LogP contribution in [0.1, 0.15) is 32.1 Å². The summed E-state index contributed by atoms with van der Waals surface area (Å²) in [5.74, 6) is 0.332. The van der Waals surface area contributed by atoms with E-state index in [0.29, 0.717) is 0 Å². The molecule has 0 aromatic carbocycles. The predicted octanol–water partition coefficient (Wildman–Crippen LogP) is 1.07. The Balaban J connectivity index is -0.000000213. The van der Waals surface area contributed by atoms with Crippen molar-refractivity contribution in [3.63, 3.8) is 0 Å². The van der Waals surface area contributed by atoms with Crippen LogP contribution >= 0.6 is 9.24 Å². The molecule has 1 fully saturated rings. The summed E-state index contributed by atoms with van der Waals surface area (Å²) in [6, 6.07) is 0. The van der Waals surface area contributed by atoms with Crippen molar-refractivity contribution in [2.45, 2.75) is 32.1 Å². The van der Waals surface area contributed by atoms with Crippen LogP contribution in [0.2, 0.25) is 0 Å². The normalized spacial score (nSPS) is 16.2. The Labute approximate surface area is 133 Å². The average molecular weight is 272 g/mol. The Kier molecular flexibility index (Phi) is 20.2. The standard InChI is InChI=1S/C7H13FP.CF3.K.H2O/c8-7(9)6-4-2-1-3-5-6;2-1(3)4;;/h6H,1-5,9H2;;;1H2/q2*-1;+1;/p-1. The summed E-state index contributed by atoms with van der Waals surface area (Å²) in [5.41, 5.74) is 0. The third-order valence-corrected chi connectivity index (χ3v) is 2.47. The van der Waals surface area contributed by atoms with Crippen LogP contribution in [0.4, 0.5) is 17.6 Å². The van der Waals surface area contributed by atoms with Crippen LogP contribution in [0.25, 0.3) is 0 Å². The summed E-state index contributed by atoms with van der Waals surface area (Å²) in [6.45, 7) is -3.08. The first-order chi connectivity index (χ1) is 6.04. The molecule has 0 aromatic heterocycles. The van der Waals surface area contributed by atoms with Crippen molar-refractivity contribution < 1.29 is 74.4 Å². The molecule has 0 bridgehead atoms. The van der Waals surface area contributed by atoms with Crippen LogP contribution in [0.5, 0.6) is 0 Å². The van der Waals surface area contributed by atoms with Gasteiger partial charge in [0, 0.05) is 0 Å². The summed E-state index contributed by atoms with van der Waals surface area (Å²) < 4.78 is 41.2. The molecule has 1 unspecified atom stereocenters. The van der Waals surface area contributed by atoms with Gasteiger partial charge in [-0.2, -0.15) is 0 Å². The van der Waals surface area contributed by atoms with Gasteiger partial charge in [0.05, 0.1) is 0 Å². The Morgan fingerprint density at radius 2 is 1.27 bits per heavy atom. The second kappa shape index (κ2) is 13.8. The second-order valence-corrected chi connectivity index (χ2v) is 3.49. The number of hydrogen-bond acceptors (Lipinski definition) is 1. The van der Waals surface area contributed by atoms with Crippen LogP contribution in [-0.2, 0) is 0 Å². The van der Waals surface area contributed by atoms with E-state index in [9.17, 15) is 17.6 Å². The van der Waals surface area contributed by atoms with Gasteiger partial charge in [0.1, 0.15) is 0 Å². The van der Waals surface area contributed by atoms with Gasteiger partial charge in [-0.3, -0.25) is 9.24 Å². The van der Waals surface area contributed by atoms with Gasteiger partial charge in [-0.25, -0.2) is 0 Å². The molecule has 0 aromatic rings. The molecule has 1 aliphatic carbocycles. The van der Waals surface area contributed by atoms with Crippen LogP contribution < -0.4 is 51.4 Å². The second-order valence-electron chi connectivity index (χ2n) is 2.93. The molecule has 0 heterocycles. The van der Waals surface area contributed by atoms with Crippen LogP contribution in [0.3, 0.4) is 0 Å². The zero-order valence-corrected chi connectivity index (χ0v) is 12.9. The number of rotatable bonds is 1. The molecule has 1 atom stereocenters. The van der Waals surface area contributed by atoms with Crippen LogP contribution in [0.15, 0.2) is 0 Å². The Morgan fingerprint density at radius 1 is 0.933 bits per heavy atom. The molecule has 0 amide bonds. The summed E-state index contributed by atoms with van der Waals surface area (Å²) >= 11 is 0. The van der Waals surface area contributed by atoms with Gasteiger partial charge in [-0.15, -0.1) is 11.8 Å². The fourth-order valence-corrected chi connectivity index (χ4v) is 1.71. The maximum atomic E-state index is 12.5. The minimum absolute atomic E-state index is 0. The van der Waals surface area contributed by atoms with Gasteiger partial charge >= 0.3 is 51.4 Å². The molecule has 1 N–H and O–H groups in total. The molecule has 15 heavy (non-hydrogen) atoms. The largest absolute Gasteiger partial charge is 1.00 e. The quantitative estimate of drug-likeness (QED) is 0.304. The van der Waals surface area contributed by atoms with Gasteiger partial charge in [0.15, 0.2) is 6.68 Å². The average Bonchev–Trinajstić information content (AvgIpc) is 2.05. The topological polar surface area (TPSA) is 30.0 Å². The van der Waals surface area contributed by atoms with E-state index in [4.69, 9.17) is 0 Å². The van der Waals surface area contributed by atoms with Crippen molar-refractivity contribution in [3.8, 4) is 0 Å². The number of halogens is 4. The van der Waals surface area contributed by atoms with Gasteiger partial charge in [0.25, 0.3) is 0 Å². The van der Waals surface area contributed by atoms with E-state index in [-0.39, 0.29) is 68.7 Å². The molecular weight excluding hydrogens is 258 g/mol.